The summed E-state index contributed by atoms with van der Waals surface area (Å²) in [6.45, 7) is 2.04. The zero-order chi connectivity index (χ0) is 13.8. The number of rotatable bonds is 5. The van der Waals surface area contributed by atoms with Crippen molar-refractivity contribution in [3.8, 4) is 11.5 Å². The van der Waals surface area contributed by atoms with Crippen molar-refractivity contribution >= 4 is 11.3 Å². The van der Waals surface area contributed by atoms with Crippen LogP contribution in [0.4, 0.5) is 0 Å². The Bertz CT molecular complexity index is 554. The summed E-state index contributed by atoms with van der Waals surface area (Å²) in [5, 5.41) is 1.99. The molecule has 1 aromatic carbocycles. The quantitative estimate of drug-likeness (QED) is 0.652. The van der Waals surface area contributed by atoms with E-state index in [9.17, 15) is 0 Å². The van der Waals surface area contributed by atoms with Crippen molar-refractivity contribution in [2.45, 2.75) is 13.0 Å². The van der Waals surface area contributed by atoms with Gasteiger partial charge in [0.15, 0.2) is 0 Å². The molecule has 0 fully saturated rings. The van der Waals surface area contributed by atoms with E-state index in [4.69, 9.17) is 15.3 Å². The molecule has 0 saturated heterocycles. The second kappa shape index (κ2) is 6.06. The molecule has 1 aromatic heterocycles. The van der Waals surface area contributed by atoms with Crippen LogP contribution in [0, 0.1) is 6.92 Å². The molecule has 0 aliphatic carbocycles. The summed E-state index contributed by atoms with van der Waals surface area (Å²) < 4.78 is 10.8. The fourth-order valence-corrected chi connectivity index (χ4v) is 3.01. The van der Waals surface area contributed by atoms with Crippen molar-refractivity contribution in [2.24, 2.45) is 5.84 Å². The molecule has 0 saturated carbocycles. The van der Waals surface area contributed by atoms with Crippen LogP contribution in [-0.4, -0.2) is 14.2 Å². The van der Waals surface area contributed by atoms with Gasteiger partial charge in [-0.3, -0.25) is 5.84 Å². The number of hydrogen-bond donors (Lipinski definition) is 2. The molecular weight excluding hydrogens is 260 g/mol. The molecule has 4 nitrogen and oxygen atoms in total. The maximum Gasteiger partial charge on any atom is 0.134 e. The van der Waals surface area contributed by atoms with Crippen molar-refractivity contribution in [1.29, 1.82) is 0 Å². The first-order valence-corrected chi connectivity index (χ1v) is 6.81. The van der Waals surface area contributed by atoms with Crippen LogP contribution in [-0.2, 0) is 0 Å². The van der Waals surface area contributed by atoms with Gasteiger partial charge in [0.2, 0.25) is 0 Å². The van der Waals surface area contributed by atoms with Gasteiger partial charge in [0.1, 0.15) is 11.5 Å². The fraction of sp³-hybridized carbons (Fsp3) is 0.286. The Balaban J connectivity index is 2.50. The number of hydrazine groups is 1. The highest BCUT2D eigenvalue weighted by Crippen LogP contribution is 2.38. The van der Waals surface area contributed by atoms with Gasteiger partial charge in [0, 0.05) is 5.56 Å². The second-order valence-electron chi connectivity index (χ2n) is 4.20. The summed E-state index contributed by atoms with van der Waals surface area (Å²) in [5.74, 6) is 7.38. The Hall–Kier alpha value is -1.56. The number of nitrogens with one attached hydrogen (secondary N) is 1. The van der Waals surface area contributed by atoms with Crippen LogP contribution in [0.1, 0.15) is 22.0 Å². The van der Waals surface area contributed by atoms with Crippen LogP contribution in [0.3, 0.4) is 0 Å². The average molecular weight is 278 g/mol. The number of ether oxygens (including phenoxy) is 2. The smallest absolute Gasteiger partial charge is 0.134 e. The molecule has 0 radical (unpaired) electrons. The number of methoxy groups -OCH3 is 2. The lowest BCUT2D eigenvalue weighted by Gasteiger charge is -2.19. The van der Waals surface area contributed by atoms with E-state index in [0.717, 1.165) is 27.5 Å². The minimum Gasteiger partial charge on any atom is -0.496 e. The Morgan fingerprint density at radius 3 is 2.53 bits per heavy atom. The highest BCUT2D eigenvalue weighted by Gasteiger charge is 2.21. The van der Waals surface area contributed by atoms with Gasteiger partial charge in [-0.2, -0.15) is 0 Å². The maximum atomic E-state index is 5.74. The predicted molar refractivity (Wildman–Crippen MR) is 77.8 cm³/mol. The number of aryl methyl sites for hydroxylation is 1. The Labute approximate surface area is 117 Å². The van der Waals surface area contributed by atoms with Crippen LogP contribution in [0.15, 0.2) is 29.6 Å². The molecule has 3 N–H and O–H groups in total. The molecule has 0 spiro atoms. The van der Waals surface area contributed by atoms with Crippen LogP contribution < -0.4 is 20.7 Å². The van der Waals surface area contributed by atoms with Crippen molar-refractivity contribution in [3.05, 3.63) is 45.6 Å². The molecule has 1 unspecified atom stereocenters. The topological polar surface area (TPSA) is 56.5 Å². The standard InChI is InChI=1S/C14H18N2O2S/c1-9-4-5-11(17-2)10(8-9)13(16-15)14-12(18-3)6-7-19-14/h4-8,13,16H,15H2,1-3H3. The van der Waals surface area contributed by atoms with E-state index in [0.29, 0.717) is 0 Å². The molecule has 0 aliphatic rings. The van der Waals surface area contributed by atoms with Crippen LogP contribution >= 0.6 is 11.3 Å². The third kappa shape index (κ3) is 2.73. The zero-order valence-electron chi connectivity index (χ0n) is 11.3. The molecule has 1 atom stereocenters. The molecule has 0 bridgehead atoms. The van der Waals surface area contributed by atoms with Gasteiger partial charge in [-0.25, -0.2) is 5.43 Å². The largest absolute Gasteiger partial charge is 0.496 e. The Morgan fingerprint density at radius 1 is 1.16 bits per heavy atom. The lowest BCUT2D eigenvalue weighted by molar-refractivity contribution is 0.396. The minimum atomic E-state index is -0.148. The summed E-state index contributed by atoms with van der Waals surface area (Å²) >= 11 is 1.60. The number of thiophene rings is 1. The number of benzene rings is 1. The molecule has 5 heteroatoms. The maximum absolute atomic E-state index is 5.74. The van der Waals surface area contributed by atoms with Crippen molar-refractivity contribution in [3.63, 3.8) is 0 Å². The summed E-state index contributed by atoms with van der Waals surface area (Å²) in [5.41, 5.74) is 5.01. The van der Waals surface area contributed by atoms with Crippen LogP contribution in [0.2, 0.25) is 0 Å². The number of hydrogen-bond acceptors (Lipinski definition) is 5. The average Bonchev–Trinajstić information content (AvgIpc) is 2.88. The fourth-order valence-electron chi connectivity index (χ4n) is 2.07. The first-order chi connectivity index (χ1) is 9.21. The minimum absolute atomic E-state index is 0.148. The second-order valence-corrected chi connectivity index (χ2v) is 5.15. The van der Waals surface area contributed by atoms with E-state index in [2.05, 4.69) is 11.5 Å². The normalized spacial score (nSPS) is 12.2. The van der Waals surface area contributed by atoms with E-state index in [1.165, 1.54) is 0 Å². The Kier molecular flexibility index (Phi) is 4.42. The third-order valence-corrected chi connectivity index (χ3v) is 3.97. The molecule has 19 heavy (non-hydrogen) atoms. The third-order valence-electron chi connectivity index (χ3n) is 3.00. The Morgan fingerprint density at radius 2 is 1.89 bits per heavy atom. The molecule has 1 heterocycles. The highest BCUT2D eigenvalue weighted by atomic mass is 32.1. The molecule has 2 aromatic rings. The zero-order valence-corrected chi connectivity index (χ0v) is 12.1. The molecule has 0 amide bonds. The van der Waals surface area contributed by atoms with Gasteiger partial charge < -0.3 is 9.47 Å². The summed E-state index contributed by atoms with van der Waals surface area (Å²) in [7, 11) is 3.32. The molecule has 2 rings (SSSR count). The monoisotopic (exact) mass is 278 g/mol. The van der Waals surface area contributed by atoms with Gasteiger partial charge in [-0.05, 0) is 24.4 Å². The van der Waals surface area contributed by atoms with Gasteiger partial charge >= 0.3 is 0 Å². The van der Waals surface area contributed by atoms with Gasteiger partial charge in [-0.15, -0.1) is 11.3 Å². The summed E-state index contributed by atoms with van der Waals surface area (Å²) in [6.07, 6.45) is 0. The molecule has 102 valence electrons. The van der Waals surface area contributed by atoms with E-state index >= 15 is 0 Å². The van der Waals surface area contributed by atoms with E-state index < -0.39 is 0 Å². The predicted octanol–water partition coefficient (Wildman–Crippen LogP) is 2.63. The molecular formula is C14H18N2O2S. The van der Waals surface area contributed by atoms with E-state index in [1.54, 1.807) is 25.6 Å². The van der Waals surface area contributed by atoms with Crippen LogP contribution in [0.5, 0.6) is 11.5 Å². The van der Waals surface area contributed by atoms with E-state index in [1.807, 2.05) is 30.5 Å². The van der Waals surface area contributed by atoms with Crippen molar-refractivity contribution < 1.29 is 9.47 Å². The SMILES string of the molecule is COc1ccc(C)cc1C(NN)c1sccc1OC. The van der Waals surface area contributed by atoms with Crippen molar-refractivity contribution in [2.75, 3.05) is 14.2 Å². The first kappa shape index (κ1) is 13.9. The lowest BCUT2D eigenvalue weighted by Crippen LogP contribution is -2.28. The highest BCUT2D eigenvalue weighted by molar-refractivity contribution is 7.10. The van der Waals surface area contributed by atoms with Crippen molar-refractivity contribution in [1.82, 2.24) is 5.43 Å². The number of nitrogens with two attached hydrogens (primary N) is 1. The first-order valence-electron chi connectivity index (χ1n) is 5.93. The van der Waals surface area contributed by atoms with E-state index in [-0.39, 0.29) is 6.04 Å². The van der Waals surface area contributed by atoms with Gasteiger partial charge in [-0.1, -0.05) is 17.7 Å². The van der Waals surface area contributed by atoms with Crippen LogP contribution in [0.25, 0.3) is 0 Å². The summed E-state index contributed by atoms with van der Waals surface area (Å²) in [4.78, 5) is 1.04. The van der Waals surface area contributed by atoms with Gasteiger partial charge in [0.05, 0.1) is 25.1 Å². The van der Waals surface area contributed by atoms with Gasteiger partial charge in [0.25, 0.3) is 0 Å². The summed E-state index contributed by atoms with van der Waals surface area (Å²) in [6, 6.07) is 7.83. The molecule has 0 aliphatic heterocycles. The lowest BCUT2D eigenvalue weighted by atomic mass is 10.0.